The van der Waals surface area contributed by atoms with Crippen molar-refractivity contribution in [1.29, 1.82) is 0 Å². The van der Waals surface area contributed by atoms with Crippen LogP contribution in [0.5, 0.6) is 5.75 Å². The number of nitrogens with one attached hydrogen (secondary N) is 1. The molecule has 0 unspecified atom stereocenters. The molecular formula is C18H18FN3O2. The van der Waals surface area contributed by atoms with Gasteiger partial charge in [-0.2, -0.15) is 0 Å². The molecule has 0 radical (unpaired) electrons. The van der Waals surface area contributed by atoms with E-state index in [2.05, 4.69) is 15.0 Å². The normalized spacial score (nSPS) is 11.2. The summed E-state index contributed by atoms with van der Waals surface area (Å²) in [5, 5.41) is 0. The Hall–Kier alpha value is -2.76. The van der Waals surface area contributed by atoms with E-state index in [1.165, 1.54) is 19.2 Å². The van der Waals surface area contributed by atoms with Crippen molar-refractivity contribution in [2.24, 2.45) is 5.92 Å². The summed E-state index contributed by atoms with van der Waals surface area (Å²) in [6, 6.07) is 4.24. The van der Waals surface area contributed by atoms with Gasteiger partial charge in [0.1, 0.15) is 22.9 Å². The SMILES string of the molecule is COc1ccc(F)cc1-c1cnc2[nH]cc(CC(=O)C(C)C)c2n1. The molecule has 2 aromatic heterocycles. The lowest BCUT2D eigenvalue weighted by molar-refractivity contribution is -0.121. The first-order valence-corrected chi connectivity index (χ1v) is 7.69. The highest BCUT2D eigenvalue weighted by Gasteiger charge is 2.16. The number of ketones is 1. The first-order chi connectivity index (χ1) is 11.5. The number of hydrogen-bond donors (Lipinski definition) is 1. The number of Topliss-reactive ketones (excluding diaryl/α,β-unsaturated/α-hetero) is 1. The second-order valence-corrected chi connectivity index (χ2v) is 5.91. The molecule has 0 bridgehead atoms. The Labute approximate surface area is 138 Å². The van der Waals surface area contributed by atoms with Crippen LogP contribution in [0.3, 0.4) is 0 Å². The van der Waals surface area contributed by atoms with Gasteiger partial charge in [0, 0.05) is 29.7 Å². The van der Waals surface area contributed by atoms with Crippen LogP contribution < -0.4 is 4.74 Å². The van der Waals surface area contributed by atoms with Crippen molar-refractivity contribution in [2.45, 2.75) is 20.3 Å². The van der Waals surface area contributed by atoms with E-state index in [0.29, 0.717) is 28.2 Å². The zero-order chi connectivity index (χ0) is 17.3. The van der Waals surface area contributed by atoms with Crippen LogP contribution in [0.15, 0.2) is 30.6 Å². The predicted molar refractivity (Wildman–Crippen MR) is 89.4 cm³/mol. The van der Waals surface area contributed by atoms with Gasteiger partial charge in [0.2, 0.25) is 0 Å². The average molecular weight is 327 g/mol. The smallest absolute Gasteiger partial charge is 0.156 e. The van der Waals surface area contributed by atoms with Crippen LogP contribution >= 0.6 is 0 Å². The quantitative estimate of drug-likeness (QED) is 0.778. The molecule has 0 aliphatic heterocycles. The van der Waals surface area contributed by atoms with E-state index in [0.717, 1.165) is 5.56 Å². The number of halogens is 1. The molecule has 124 valence electrons. The molecule has 1 aromatic carbocycles. The van der Waals surface area contributed by atoms with E-state index in [4.69, 9.17) is 4.74 Å². The fourth-order valence-corrected chi connectivity index (χ4v) is 2.48. The molecule has 0 aliphatic carbocycles. The Balaban J connectivity index is 2.08. The molecule has 24 heavy (non-hydrogen) atoms. The van der Waals surface area contributed by atoms with Crippen LogP contribution in [0.1, 0.15) is 19.4 Å². The minimum Gasteiger partial charge on any atom is -0.496 e. The van der Waals surface area contributed by atoms with Gasteiger partial charge in [0.15, 0.2) is 5.65 Å². The van der Waals surface area contributed by atoms with E-state index in [-0.39, 0.29) is 23.9 Å². The number of hydrogen-bond acceptors (Lipinski definition) is 4. The first-order valence-electron chi connectivity index (χ1n) is 7.69. The van der Waals surface area contributed by atoms with Gasteiger partial charge < -0.3 is 9.72 Å². The maximum Gasteiger partial charge on any atom is 0.156 e. The number of aromatic nitrogens is 3. The lowest BCUT2D eigenvalue weighted by Gasteiger charge is -2.08. The number of methoxy groups -OCH3 is 1. The summed E-state index contributed by atoms with van der Waals surface area (Å²) in [6.45, 7) is 3.73. The molecule has 2 heterocycles. The van der Waals surface area contributed by atoms with Crippen molar-refractivity contribution in [1.82, 2.24) is 15.0 Å². The van der Waals surface area contributed by atoms with E-state index in [9.17, 15) is 9.18 Å². The number of nitrogens with zero attached hydrogens (tertiary/aromatic N) is 2. The molecule has 0 atom stereocenters. The zero-order valence-corrected chi connectivity index (χ0v) is 13.8. The van der Waals surface area contributed by atoms with Crippen LogP contribution in [0.2, 0.25) is 0 Å². The Kier molecular flexibility index (Phi) is 4.29. The Morgan fingerprint density at radius 2 is 2.17 bits per heavy atom. The molecule has 0 saturated carbocycles. The molecule has 3 rings (SSSR count). The maximum absolute atomic E-state index is 13.6. The summed E-state index contributed by atoms with van der Waals surface area (Å²) in [6.07, 6.45) is 3.60. The highest BCUT2D eigenvalue weighted by atomic mass is 19.1. The maximum atomic E-state index is 13.6. The third-order valence-corrected chi connectivity index (χ3v) is 3.91. The molecule has 5 nitrogen and oxygen atoms in total. The number of aromatic amines is 1. The Morgan fingerprint density at radius 1 is 1.38 bits per heavy atom. The average Bonchev–Trinajstić information content (AvgIpc) is 2.97. The molecule has 0 saturated heterocycles. The van der Waals surface area contributed by atoms with Gasteiger partial charge in [-0.3, -0.25) is 4.79 Å². The van der Waals surface area contributed by atoms with Crippen LogP contribution in [-0.4, -0.2) is 27.8 Å². The number of carbonyl (C=O) groups excluding carboxylic acids is 1. The van der Waals surface area contributed by atoms with Gasteiger partial charge in [-0.15, -0.1) is 0 Å². The predicted octanol–water partition coefficient (Wildman–Crippen LogP) is 3.54. The summed E-state index contributed by atoms with van der Waals surface area (Å²) in [5.41, 5.74) is 3.02. The highest BCUT2D eigenvalue weighted by molar-refractivity contribution is 5.88. The summed E-state index contributed by atoms with van der Waals surface area (Å²) in [4.78, 5) is 23.9. The number of carbonyl (C=O) groups is 1. The number of rotatable bonds is 5. The van der Waals surface area contributed by atoms with Crippen LogP contribution in [0.25, 0.3) is 22.4 Å². The summed E-state index contributed by atoms with van der Waals surface area (Å²) >= 11 is 0. The van der Waals surface area contributed by atoms with Crippen molar-refractivity contribution in [3.8, 4) is 17.0 Å². The van der Waals surface area contributed by atoms with Crippen molar-refractivity contribution in [3.05, 3.63) is 42.0 Å². The molecule has 3 aromatic rings. The molecular weight excluding hydrogens is 309 g/mol. The van der Waals surface area contributed by atoms with E-state index >= 15 is 0 Å². The van der Waals surface area contributed by atoms with Gasteiger partial charge in [-0.25, -0.2) is 14.4 Å². The third-order valence-electron chi connectivity index (χ3n) is 3.91. The second kappa shape index (κ2) is 6.39. The fourth-order valence-electron chi connectivity index (χ4n) is 2.48. The second-order valence-electron chi connectivity index (χ2n) is 5.91. The van der Waals surface area contributed by atoms with Crippen molar-refractivity contribution in [2.75, 3.05) is 7.11 Å². The minimum absolute atomic E-state index is 0.0468. The summed E-state index contributed by atoms with van der Waals surface area (Å²) in [5.74, 6) is 0.221. The fraction of sp³-hybridized carbons (Fsp3) is 0.278. The van der Waals surface area contributed by atoms with Crippen LogP contribution in [0.4, 0.5) is 4.39 Å². The molecule has 6 heteroatoms. The Morgan fingerprint density at radius 3 is 2.88 bits per heavy atom. The van der Waals surface area contributed by atoms with E-state index < -0.39 is 0 Å². The number of ether oxygens (including phenoxy) is 1. The van der Waals surface area contributed by atoms with Crippen LogP contribution in [0, 0.1) is 11.7 Å². The zero-order valence-electron chi connectivity index (χ0n) is 13.8. The molecule has 0 fully saturated rings. The molecule has 0 aliphatic rings. The minimum atomic E-state index is -0.378. The summed E-state index contributed by atoms with van der Waals surface area (Å²) < 4.78 is 18.9. The lowest BCUT2D eigenvalue weighted by atomic mass is 10.0. The van der Waals surface area contributed by atoms with Gasteiger partial charge in [-0.1, -0.05) is 13.8 Å². The summed E-state index contributed by atoms with van der Waals surface area (Å²) in [7, 11) is 1.52. The third kappa shape index (κ3) is 2.99. The first kappa shape index (κ1) is 16.1. The standard InChI is InChI=1S/C18H18FN3O2/c1-10(2)15(23)6-11-8-20-18-17(11)22-14(9-21-18)13-7-12(19)4-5-16(13)24-3/h4-5,7-10H,6H2,1-3H3,(H,20,21). The van der Waals surface area contributed by atoms with Crippen LogP contribution in [-0.2, 0) is 11.2 Å². The largest absolute Gasteiger partial charge is 0.496 e. The lowest BCUT2D eigenvalue weighted by Crippen LogP contribution is -2.10. The van der Waals surface area contributed by atoms with Gasteiger partial charge >= 0.3 is 0 Å². The molecule has 0 amide bonds. The highest BCUT2D eigenvalue weighted by Crippen LogP contribution is 2.30. The van der Waals surface area contributed by atoms with Crippen molar-refractivity contribution < 1.29 is 13.9 Å². The number of H-pyrrole nitrogens is 1. The Bertz CT molecular complexity index is 902. The van der Waals surface area contributed by atoms with Crippen molar-refractivity contribution in [3.63, 3.8) is 0 Å². The van der Waals surface area contributed by atoms with Gasteiger partial charge in [-0.05, 0) is 18.2 Å². The van der Waals surface area contributed by atoms with Crippen molar-refractivity contribution >= 4 is 16.9 Å². The molecule has 0 spiro atoms. The van der Waals surface area contributed by atoms with Gasteiger partial charge in [0.25, 0.3) is 0 Å². The van der Waals surface area contributed by atoms with E-state index in [1.807, 2.05) is 13.8 Å². The van der Waals surface area contributed by atoms with E-state index in [1.54, 1.807) is 18.5 Å². The molecule has 1 N–H and O–H groups in total. The topological polar surface area (TPSA) is 67.9 Å². The van der Waals surface area contributed by atoms with Gasteiger partial charge in [0.05, 0.1) is 19.0 Å². The number of benzene rings is 1. The monoisotopic (exact) mass is 327 g/mol. The number of fused-ring (bicyclic) bond motifs is 1.